The average Bonchev–Trinajstić information content (AvgIpc) is 2.70. The van der Waals surface area contributed by atoms with Crippen LogP contribution in [0, 0.1) is 6.92 Å². The van der Waals surface area contributed by atoms with Gasteiger partial charge in [-0.1, -0.05) is 15.9 Å². The number of rotatable bonds is 2. The second-order valence-corrected chi connectivity index (χ2v) is 6.15. The summed E-state index contributed by atoms with van der Waals surface area (Å²) >= 11 is 3.42. The minimum atomic E-state index is -0.409. The standard InChI is InChI=1S/C14H18BrNO2/c1-10-6-11(8-12(15)7-10)13(18)16-5-3-4-14(16,2)9-17/h6-8,17H,3-5,9H2,1-2H3. The molecule has 0 spiro atoms. The number of benzene rings is 1. The van der Waals surface area contributed by atoms with Crippen molar-refractivity contribution in [3.63, 3.8) is 0 Å². The van der Waals surface area contributed by atoms with Crippen LogP contribution in [0.3, 0.4) is 0 Å². The molecule has 0 radical (unpaired) electrons. The van der Waals surface area contributed by atoms with Gasteiger partial charge >= 0.3 is 0 Å². The Hall–Kier alpha value is -0.870. The summed E-state index contributed by atoms with van der Waals surface area (Å²) < 4.78 is 0.913. The molecular formula is C14H18BrNO2. The Morgan fingerprint density at radius 2 is 2.22 bits per heavy atom. The van der Waals surface area contributed by atoms with E-state index in [1.54, 1.807) is 4.90 Å². The molecule has 1 atom stereocenters. The summed E-state index contributed by atoms with van der Waals surface area (Å²) in [7, 11) is 0. The average molecular weight is 312 g/mol. The third kappa shape index (κ3) is 2.45. The topological polar surface area (TPSA) is 40.5 Å². The summed E-state index contributed by atoms with van der Waals surface area (Å²) in [5.41, 5.74) is 1.33. The molecule has 0 bridgehead atoms. The Balaban J connectivity index is 2.31. The number of amides is 1. The SMILES string of the molecule is Cc1cc(Br)cc(C(=O)N2CCCC2(C)CO)c1. The number of aliphatic hydroxyl groups is 1. The van der Waals surface area contributed by atoms with Crippen LogP contribution in [0.2, 0.25) is 0 Å². The molecule has 98 valence electrons. The van der Waals surface area contributed by atoms with Gasteiger partial charge in [-0.2, -0.15) is 0 Å². The zero-order chi connectivity index (χ0) is 13.3. The first-order valence-corrected chi connectivity index (χ1v) is 6.95. The van der Waals surface area contributed by atoms with Gasteiger partial charge in [-0.15, -0.1) is 0 Å². The normalized spacial score (nSPS) is 23.4. The lowest BCUT2D eigenvalue weighted by Crippen LogP contribution is -2.47. The molecule has 1 aromatic rings. The van der Waals surface area contributed by atoms with E-state index >= 15 is 0 Å². The first kappa shape index (κ1) is 13.6. The van der Waals surface area contributed by atoms with E-state index in [1.807, 2.05) is 32.0 Å². The number of aliphatic hydroxyl groups excluding tert-OH is 1. The Labute approximate surface area is 116 Å². The first-order chi connectivity index (χ1) is 8.46. The minimum absolute atomic E-state index is 0.00782. The van der Waals surface area contributed by atoms with Gasteiger partial charge in [0.15, 0.2) is 0 Å². The summed E-state index contributed by atoms with van der Waals surface area (Å²) in [6.07, 6.45) is 1.82. The van der Waals surface area contributed by atoms with Gasteiger partial charge in [-0.3, -0.25) is 4.79 Å². The third-order valence-electron chi connectivity index (χ3n) is 3.62. The van der Waals surface area contributed by atoms with Crippen molar-refractivity contribution in [3.05, 3.63) is 33.8 Å². The molecule has 1 N–H and O–H groups in total. The van der Waals surface area contributed by atoms with E-state index in [2.05, 4.69) is 15.9 Å². The van der Waals surface area contributed by atoms with E-state index < -0.39 is 5.54 Å². The molecule has 1 aliphatic heterocycles. The van der Waals surface area contributed by atoms with Gasteiger partial charge in [-0.25, -0.2) is 0 Å². The molecule has 0 aliphatic carbocycles. The van der Waals surface area contributed by atoms with E-state index in [0.717, 1.165) is 29.4 Å². The minimum Gasteiger partial charge on any atom is -0.394 e. The van der Waals surface area contributed by atoms with Crippen LogP contribution in [0.1, 0.15) is 35.7 Å². The predicted octanol–water partition coefficient (Wildman–Crippen LogP) is 2.74. The molecule has 0 saturated carbocycles. The van der Waals surface area contributed by atoms with Gasteiger partial charge < -0.3 is 10.0 Å². The number of nitrogens with zero attached hydrogens (tertiary/aromatic N) is 1. The molecule has 1 unspecified atom stereocenters. The highest BCUT2D eigenvalue weighted by Crippen LogP contribution is 2.30. The van der Waals surface area contributed by atoms with Crippen LogP contribution in [0.25, 0.3) is 0 Å². The number of likely N-dealkylation sites (tertiary alicyclic amines) is 1. The molecule has 1 saturated heterocycles. The predicted molar refractivity (Wildman–Crippen MR) is 74.6 cm³/mol. The smallest absolute Gasteiger partial charge is 0.254 e. The number of aryl methyl sites for hydroxylation is 1. The first-order valence-electron chi connectivity index (χ1n) is 6.16. The van der Waals surface area contributed by atoms with Crippen LogP contribution in [-0.2, 0) is 0 Å². The molecule has 1 heterocycles. The summed E-state index contributed by atoms with van der Waals surface area (Å²) in [6, 6.07) is 5.71. The molecule has 1 amide bonds. The lowest BCUT2D eigenvalue weighted by atomic mass is 9.99. The summed E-state index contributed by atoms with van der Waals surface area (Å²) in [4.78, 5) is 14.3. The van der Waals surface area contributed by atoms with Crippen LogP contribution in [0.5, 0.6) is 0 Å². The summed E-state index contributed by atoms with van der Waals surface area (Å²) in [6.45, 7) is 4.66. The number of hydrogen-bond acceptors (Lipinski definition) is 2. The second kappa shape index (κ2) is 5.02. The van der Waals surface area contributed by atoms with Crippen molar-refractivity contribution in [1.82, 2.24) is 4.90 Å². The molecule has 1 fully saturated rings. The highest BCUT2D eigenvalue weighted by atomic mass is 79.9. The maximum absolute atomic E-state index is 12.5. The maximum atomic E-state index is 12.5. The van der Waals surface area contributed by atoms with E-state index in [9.17, 15) is 9.90 Å². The van der Waals surface area contributed by atoms with Crippen LogP contribution in [0.15, 0.2) is 22.7 Å². The Morgan fingerprint density at radius 1 is 1.50 bits per heavy atom. The third-order valence-corrected chi connectivity index (χ3v) is 4.08. The summed E-state index contributed by atoms with van der Waals surface area (Å²) in [5, 5.41) is 9.50. The van der Waals surface area contributed by atoms with Gasteiger partial charge in [0.05, 0.1) is 12.1 Å². The molecule has 3 nitrogen and oxygen atoms in total. The quantitative estimate of drug-likeness (QED) is 0.912. The Kier molecular flexibility index (Phi) is 3.78. The van der Waals surface area contributed by atoms with Crippen molar-refractivity contribution in [2.75, 3.05) is 13.2 Å². The van der Waals surface area contributed by atoms with E-state index in [-0.39, 0.29) is 12.5 Å². The fourth-order valence-electron chi connectivity index (χ4n) is 2.55. The molecule has 1 aromatic carbocycles. The fourth-order valence-corrected chi connectivity index (χ4v) is 3.16. The zero-order valence-corrected chi connectivity index (χ0v) is 12.3. The highest BCUT2D eigenvalue weighted by Gasteiger charge is 2.39. The van der Waals surface area contributed by atoms with E-state index in [1.165, 1.54) is 0 Å². The molecule has 2 rings (SSSR count). The van der Waals surface area contributed by atoms with Gasteiger partial charge in [0.2, 0.25) is 0 Å². The maximum Gasteiger partial charge on any atom is 0.254 e. The zero-order valence-electron chi connectivity index (χ0n) is 10.7. The van der Waals surface area contributed by atoms with Gasteiger partial charge in [0, 0.05) is 16.6 Å². The Bertz CT molecular complexity index is 455. The highest BCUT2D eigenvalue weighted by molar-refractivity contribution is 9.10. The lowest BCUT2D eigenvalue weighted by molar-refractivity contribution is 0.0473. The fraction of sp³-hybridized carbons (Fsp3) is 0.500. The van der Waals surface area contributed by atoms with Crippen LogP contribution in [0.4, 0.5) is 0 Å². The number of hydrogen-bond donors (Lipinski definition) is 1. The number of carbonyl (C=O) groups is 1. The monoisotopic (exact) mass is 311 g/mol. The van der Waals surface area contributed by atoms with Crippen molar-refractivity contribution < 1.29 is 9.90 Å². The van der Waals surface area contributed by atoms with E-state index in [4.69, 9.17) is 0 Å². The van der Waals surface area contributed by atoms with Crippen molar-refractivity contribution in [2.24, 2.45) is 0 Å². The van der Waals surface area contributed by atoms with Gasteiger partial charge in [0.25, 0.3) is 5.91 Å². The van der Waals surface area contributed by atoms with Crippen LogP contribution < -0.4 is 0 Å². The molecule has 18 heavy (non-hydrogen) atoms. The van der Waals surface area contributed by atoms with Crippen molar-refractivity contribution in [2.45, 2.75) is 32.2 Å². The van der Waals surface area contributed by atoms with E-state index in [0.29, 0.717) is 5.56 Å². The summed E-state index contributed by atoms with van der Waals surface area (Å²) in [5.74, 6) is 0.00782. The second-order valence-electron chi connectivity index (χ2n) is 5.23. The van der Waals surface area contributed by atoms with Crippen molar-refractivity contribution >= 4 is 21.8 Å². The van der Waals surface area contributed by atoms with Crippen LogP contribution >= 0.6 is 15.9 Å². The van der Waals surface area contributed by atoms with Crippen molar-refractivity contribution in [1.29, 1.82) is 0 Å². The van der Waals surface area contributed by atoms with Crippen molar-refractivity contribution in [3.8, 4) is 0 Å². The Morgan fingerprint density at radius 3 is 2.83 bits per heavy atom. The largest absolute Gasteiger partial charge is 0.394 e. The van der Waals surface area contributed by atoms with Gasteiger partial charge in [-0.05, 0) is 50.5 Å². The molecule has 0 aromatic heterocycles. The number of halogens is 1. The molecular weight excluding hydrogens is 294 g/mol. The van der Waals surface area contributed by atoms with Crippen LogP contribution in [-0.4, -0.2) is 34.6 Å². The number of carbonyl (C=O) groups excluding carboxylic acids is 1. The lowest BCUT2D eigenvalue weighted by Gasteiger charge is -2.33. The molecule has 1 aliphatic rings. The molecule has 4 heteroatoms. The van der Waals surface area contributed by atoms with Gasteiger partial charge in [0.1, 0.15) is 0 Å².